The summed E-state index contributed by atoms with van der Waals surface area (Å²) in [6.07, 6.45) is -5.80. The van der Waals surface area contributed by atoms with E-state index < -0.39 is 29.4 Å². The molecule has 0 bridgehead atoms. The maximum atomic E-state index is 13.0. The second kappa shape index (κ2) is 7.72. The quantitative estimate of drug-likeness (QED) is 0.552. The lowest BCUT2D eigenvalue weighted by molar-refractivity contribution is -0.160. The van der Waals surface area contributed by atoms with Crippen molar-refractivity contribution in [3.05, 3.63) is 65.4 Å². The Balaban J connectivity index is 2.33. The van der Waals surface area contributed by atoms with Crippen LogP contribution < -0.4 is 0 Å². The van der Waals surface area contributed by atoms with Crippen molar-refractivity contribution in [2.24, 2.45) is 0 Å². The van der Waals surface area contributed by atoms with Crippen molar-refractivity contribution in [1.82, 2.24) is 4.98 Å². The number of alkyl halides is 3. The van der Waals surface area contributed by atoms with Gasteiger partial charge >= 0.3 is 12.1 Å². The SMILES string of the molecule is Cc1nc2ccccc2c(-c2ccc(C(F)(F)F)cc2)c1C(OC(C)(C)C)C(=O)O. The van der Waals surface area contributed by atoms with Crippen molar-refractivity contribution in [2.45, 2.75) is 45.6 Å². The number of pyridine rings is 1. The van der Waals surface area contributed by atoms with Crippen molar-refractivity contribution in [2.75, 3.05) is 0 Å². The zero-order valence-electron chi connectivity index (χ0n) is 17.0. The first-order chi connectivity index (χ1) is 13.9. The van der Waals surface area contributed by atoms with Crippen LogP contribution in [-0.2, 0) is 15.7 Å². The van der Waals surface area contributed by atoms with Crippen LogP contribution >= 0.6 is 0 Å². The predicted molar refractivity (Wildman–Crippen MR) is 108 cm³/mol. The van der Waals surface area contributed by atoms with Gasteiger partial charge in [-0.2, -0.15) is 13.2 Å². The average molecular weight is 417 g/mol. The lowest BCUT2D eigenvalue weighted by Gasteiger charge is -2.28. The number of para-hydroxylation sites is 1. The van der Waals surface area contributed by atoms with Crippen LogP contribution in [0.5, 0.6) is 0 Å². The Morgan fingerprint density at radius 2 is 1.63 bits per heavy atom. The van der Waals surface area contributed by atoms with Gasteiger partial charge in [-0.25, -0.2) is 4.79 Å². The van der Waals surface area contributed by atoms with Crippen LogP contribution in [0, 0.1) is 6.92 Å². The van der Waals surface area contributed by atoms with Crippen LogP contribution in [0.3, 0.4) is 0 Å². The van der Waals surface area contributed by atoms with Crippen molar-refractivity contribution < 1.29 is 27.8 Å². The number of fused-ring (bicyclic) bond motifs is 1. The summed E-state index contributed by atoms with van der Waals surface area (Å²) in [5, 5.41) is 10.5. The summed E-state index contributed by atoms with van der Waals surface area (Å²) in [7, 11) is 0. The first-order valence-electron chi connectivity index (χ1n) is 9.36. The molecule has 0 aliphatic carbocycles. The molecule has 0 radical (unpaired) electrons. The molecule has 3 aromatic rings. The first kappa shape index (κ1) is 21.8. The Morgan fingerprint density at radius 1 is 1.03 bits per heavy atom. The number of ether oxygens (including phenoxy) is 1. The zero-order valence-corrected chi connectivity index (χ0v) is 17.0. The number of hydrogen-bond acceptors (Lipinski definition) is 3. The summed E-state index contributed by atoms with van der Waals surface area (Å²) >= 11 is 0. The molecule has 0 aliphatic heterocycles. The molecule has 0 saturated heterocycles. The molecule has 0 spiro atoms. The summed E-state index contributed by atoms with van der Waals surface area (Å²) in [5.74, 6) is -1.20. The van der Waals surface area contributed by atoms with E-state index in [9.17, 15) is 23.1 Å². The molecule has 0 amide bonds. The molecule has 2 aromatic carbocycles. The highest BCUT2D eigenvalue weighted by atomic mass is 19.4. The molecular weight excluding hydrogens is 395 g/mol. The predicted octanol–water partition coefficient (Wildman–Crippen LogP) is 6.17. The minimum atomic E-state index is -4.46. The molecule has 0 saturated carbocycles. The van der Waals surface area contributed by atoms with Gasteiger partial charge < -0.3 is 9.84 Å². The highest BCUT2D eigenvalue weighted by molar-refractivity contribution is 5.98. The Kier molecular flexibility index (Phi) is 5.60. The van der Waals surface area contributed by atoms with Crippen molar-refractivity contribution in [3.8, 4) is 11.1 Å². The third-order valence-corrected chi connectivity index (χ3v) is 4.58. The largest absolute Gasteiger partial charge is 0.479 e. The molecule has 4 nitrogen and oxygen atoms in total. The molecule has 1 aromatic heterocycles. The second-order valence-corrected chi connectivity index (χ2v) is 8.03. The smallest absolute Gasteiger partial charge is 0.416 e. The summed E-state index contributed by atoms with van der Waals surface area (Å²) in [6, 6.07) is 11.8. The van der Waals surface area contributed by atoms with E-state index in [-0.39, 0.29) is 0 Å². The zero-order chi connectivity index (χ0) is 22.3. The number of aryl methyl sites for hydroxylation is 1. The van der Waals surface area contributed by atoms with E-state index in [1.807, 2.05) is 0 Å². The summed E-state index contributed by atoms with van der Waals surface area (Å²) in [5.41, 5.74) is 0.818. The number of nitrogens with zero attached hydrogens (tertiary/aromatic N) is 1. The maximum absolute atomic E-state index is 13.0. The third kappa shape index (κ3) is 4.46. The van der Waals surface area contributed by atoms with Crippen LogP contribution in [0.1, 0.15) is 43.7 Å². The van der Waals surface area contributed by atoms with Gasteiger partial charge in [0, 0.05) is 16.6 Å². The number of carboxylic acid groups (broad SMARTS) is 1. The number of aromatic nitrogens is 1. The van der Waals surface area contributed by atoms with Gasteiger partial charge in [-0.05, 0) is 57.0 Å². The Morgan fingerprint density at radius 3 is 2.17 bits per heavy atom. The van der Waals surface area contributed by atoms with Gasteiger partial charge in [0.05, 0.1) is 16.7 Å². The monoisotopic (exact) mass is 417 g/mol. The second-order valence-electron chi connectivity index (χ2n) is 8.03. The van der Waals surface area contributed by atoms with Crippen LogP contribution in [-0.4, -0.2) is 21.7 Å². The van der Waals surface area contributed by atoms with Crippen molar-refractivity contribution in [3.63, 3.8) is 0 Å². The number of carboxylic acids is 1. The number of aliphatic carboxylic acids is 1. The van der Waals surface area contributed by atoms with Crippen LogP contribution in [0.25, 0.3) is 22.0 Å². The minimum Gasteiger partial charge on any atom is -0.479 e. The molecule has 0 aliphatic rings. The highest BCUT2D eigenvalue weighted by Gasteiger charge is 2.33. The number of rotatable bonds is 4. The molecule has 0 fully saturated rings. The van der Waals surface area contributed by atoms with E-state index in [0.717, 1.165) is 12.1 Å². The molecule has 1 atom stereocenters. The van der Waals surface area contributed by atoms with E-state index in [1.165, 1.54) is 12.1 Å². The summed E-state index contributed by atoms with van der Waals surface area (Å²) in [4.78, 5) is 16.7. The Labute approximate surface area is 172 Å². The van der Waals surface area contributed by atoms with E-state index in [4.69, 9.17) is 4.74 Å². The van der Waals surface area contributed by atoms with Gasteiger partial charge in [0.15, 0.2) is 6.10 Å². The molecular formula is C23H22F3NO3. The van der Waals surface area contributed by atoms with Gasteiger partial charge in [0.1, 0.15) is 0 Å². The Bertz CT molecular complexity index is 1080. The summed E-state index contributed by atoms with van der Waals surface area (Å²) in [6.45, 7) is 6.90. The number of carbonyl (C=O) groups is 1. The number of halogens is 3. The lowest BCUT2D eigenvalue weighted by atomic mass is 9.90. The van der Waals surface area contributed by atoms with Gasteiger partial charge in [0.25, 0.3) is 0 Å². The van der Waals surface area contributed by atoms with E-state index in [1.54, 1.807) is 52.0 Å². The fourth-order valence-electron chi connectivity index (χ4n) is 3.39. The first-order valence-corrected chi connectivity index (χ1v) is 9.36. The van der Waals surface area contributed by atoms with Gasteiger partial charge in [-0.15, -0.1) is 0 Å². The normalized spacial score (nSPS) is 13.4. The standard InChI is InChI=1S/C23H22F3NO3/c1-13-18(20(21(28)29)30-22(2,3)4)19(16-7-5-6-8-17(16)27-13)14-9-11-15(12-10-14)23(24,25)26/h5-12,20H,1-4H3,(H,28,29). The van der Waals surface area contributed by atoms with E-state index in [2.05, 4.69) is 4.98 Å². The lowest BCUT2D eigenvalue weighted by Crippen LogP contribution is -2.28. The number of benzene rings is 2. The van der Waals surface area contributed by atoms with E-state index in [0.29, 0.717) is 33.3 Å². The molecule has 158 valence electrons. The Hall–Kier alpha value is -2.93. The van der Waals surface area contributed by atoms with E-state index >= 15 is 0 Å². The molecule has 1 N–H and O–H groups in total. The minimum absolute atomic E-state index is 0.330. The van der Waals surface area contributed by atoms with Gasteiger partial charge in [-0.1, -0.05) is 30.3 Å². The molecule has 7 heteroatoms. The van der Waals surface area contributed by atoms with Crippen LogP contribution in [0.4, 0.5) is 13.2 Å². The maximum Gasteiger partial charge on any atom is 0.416 e. The fraction of sp³-hybridized carbons (Fsp3) is 0.304. The van der Waals surface area contributed by atoms with Crippen LogP contribution in [0.15, 0.2) is 48.5 Å². The molecule has 1 unspecified atom stereocenters. The van der Waals surface area contributed by atoms with Gasteiger partial charge in [0.2, 0.25) is 0 Å². The molecule has 30 heavy (non-hydrogen) atoms. The highest BCUT2D eigenvalue weighted by Crippen LogP contribution is 2.40. The topological polar surface area (TPSA) is 59.4 Å². The van der Waals surface area contributed by atoms with Gasteiger partial charge in [-0.3, -0.25) is 4.98 Å². The van der Waals surface area contributed by atoms with Crippen molar-refractivity contribution in [1.29, 1.82) is 0 Å². The van der Waals surface area contributed by atoms with Crippen molar-refractivity contribution >= 4 is 16.9 Å². The third-order valence-electron chi connectivity index (χ3n) is 4.58. The molecule has 1 heterocycles. The molecule has 3 rings (SSSR count). The average Bonchev–Trinajstić information content (AvgIpc) is 2.64. The summed E-state index contributed by atoms with van der Waals surface area (Å²) < 4.78 is 44.9. The fourth-order valence-corrected chi connectivity index (χ4v) is 3.39. The van der Waals surface area contributed by atoms with Crippen LogP contribution in [0.2, 0.25) is 0 Å². The number of hydrogen-bond donors (Lipinski definition) is 1.